The van der Waals surface area contributed by atoms with Crippen LogP contribution < -0.4 is 5.32 Å². The first-order valence-corrected chi connectivity index (χ1v) is 7.50. The lowest BCUT2D eigenvalue weighted by molar-refractivity contribution is -0.124. The molecule has 0 aliphatic carbocycles. The standard InChI is InChI=1S/C13H20N2O3S/c1-9-11(10(2)18-15-9)4-19-5-12(16)14-6-13(3)7-17-8-13/h4-8H2,1-3H3,(H,14,16). The molecule has 1 saturated heterocycles. The van der Waals surface area contributed by atoms with Crippen molar-refractivity contribution in [3.8, 4) is 0 Å². The minimum absolute atomic E-state index is 0.0740. The van der Waals surface area contributed by atoms with Gasteiger partial charge in [0.05, 0.1) is 24.7 Å². The summed E-state index contributed by atoms with van der Waals surface area (Å²) >= 11 is 1.58. The number of thioether (sulfide) groups is 1. The van der Waals surface area contributed by atoms with Gasteiger partial charge in [-0.25, -0.2) is 0 Å². The van der Waals surface area contributed by atoms with Crippen LogP contribution in [0.15, 0.2) is 4.52 Å². The monoisotopic (exact) mass is 284 g/mol. The third-order valence-electron chi connectivity index (χ3n) is 3.27. The summed E-state index contributed by atoms with van der Waals surface area (Å²) < 4.78 is 10.2. The highest BCUT2D eigenvalue weighted by Crippen LogP contribution is 2.25. The normalized spacial score (nSPS) is 17.0. The van der Waals surface area contributed by atoms with Crippen molar-refractivity contribution < 1.29 is 14.1 Å². The zero-order valence-electron chi connectivity index (χ0n) is 11.6. The number of hydrogen-bond acceptors (Lipinski definition) is 5. The molecule has 1 N–H and O–H groups in total. The van der Waals surface area contributed by atoms with Crippen LogP contribution in [0.1, 0.15) is 23.9 Å². The predicted octanol–water partition coefficient (Wildman–Crippen LogP) is 1.68. The number of hydrogen-bond donors (Lipinski definition) is 1. The largest absolute Gasteiger partial charge is 0.380 e. The highest BCUT2D eigenvalue weighted by atomic mass is 32.2. The molecule has 1 amide bonds. The number of nitrogens with zero attached hydrogens (tertiary/aromatic N) is 1. The molecule has 1 fully saturated rings. The Morgan fingerprint density at radius 1 is 1.47 bits per heavy atom. The van der Waals surface area contributed by atoms with Gasteiger partial charge >= 0.3 is 0 Å². The summed E-state index contributed by atoms with van der Waals surface area (Å²) in [6.07, 6.45) is 0. The van der Waals surface area contributed by atoms with Gasteiger partial charge < -0.3 is 14.6 Å². The average Bonchev–Trinajstić information content (AvgIpc) is 2.65. The Bertz CT molecular complexity index is 435. The topological polar surface area (TPSA) is 64.4 Å². The van der Waals surface area contributed by atoms with Gasteiger partial charge in [-0.3, -0.25) is 4.79 Å². The quantitative estimate of drug-likeness (QED) is 0.861. The van der Waals surface area contributed by atoms with E-state index in [1.54, 1.807) is 11.8 Å². The number of nitrogens with one attached hydrogen (secondary N) is 1. The van der Waals surface area contributed by atoms with Crippen molar-refractivity contribution in [2.45, 2.75) is 26.5 Å². The van der Waals surface area contributed by atoms with Gasteiger partial charge in [-0.15, -0.1) is 11.8 Å². The lowest BCUT2D eigenvalue weighted by atomic mass is 9.89. The summed E-state index contributed by atoms with van der Waals surface area (Å²) in [6, 6.07) is 0. The molecule has 0 saturated carbocycles. The summed E-state index contributed by atoms with van der Waals surface area (Å²) in [5, 5.41) is 6.85. The Morgan fingerprint density at radius 2 is 2.21 bits per heavy atom. The van der Waals surface area contributed by atoms with Gasteiger partial charge in [-0.1, -0.05) is 12.1 Å². The van der Waals surface area contributed by atoms with E-state index in [0.29, 0.717) is 12.3 Å². The van der Waals surface area contributed by atoms with Crippen LogP contribution in [0.25, 0.3) is 0 Å². The van der Waals surface area contributed by atoms with Crippen LogP contribution in [-0.2, 0) is 15.3 Å². The van der Waals surface area contributed by atoms with E-state index in [-0.39, 0.29) is 11.3 Å². The number of aryl methyl sites for hydroxylation is 2. The second-order valence-corrected chi connectivity index (χ2v) is 6.36. The maximum Gasteiger partial charge on any atom is 0.230 e. The van der Waals surface area contributed by atoms with Crippen LogP contribution in [0.4, 0.5) is 0 Å². The summed E-state index contributed by atoms with van der Waals surface area (Å²) in [4.78, 5) is 11.7. The van der Waals surface area contributed by atoms with Crippen LogP contribution in [0.5, 0.6) is 0 Å². The number of carbonyl (C=O) groups excluding carboxylic acids is 1. The van der Waals surface area contributed by atoms with E-state index in [9.17, 15) is 4.79 Å². The van der Waals surface area contributed by atoms with Crippen LogP contribution in [0.2, 0.25) is 0 Å². The van der Waals surface area contributed by atoms with Crippen molar-refractivity contribution in [3.05, 3.63) is 17.0 Å². The van der Waals surface area contributed by atoms with Gasteiger partial charge in [0.25, 0.3) is 0 Å². The number of carbonyl (C=O) groups is 1. The Labute approximate surface area is 117 Å². The highest BCUT2D eigenvalue weighted by Gasteiger charge is 2.33. The van der Waals surface area contributed by atoms with E-state index < -0.39 is 0 Å². The molecule has 1 aromatic rings. The first-order valence-electron chi connectivity index (χ1n) is 6.34. The van der Waals surface area contributed by atoms with E-state index in [4.69, 9.17) is 9.26 Å². The fraction of sp³-hybridized carbons (Fsp3) is 0.692. The molecule has 0 aromatic carbocycles. The van der Waals surface area contributed by atoms with Gasteiger partial charge in [-0.2, -0.15) is 0 Å². The van der Waals surface area contributed by atoms with E-state index in [2.05, 4.69) is 17.4 Å². The Hall–Kier alpha value is -1.01. The molecular weight excluding hydrogens is 264 g/mol. The van der Waals surface area contributed by atoms with Gasteiger partial charge in [0.1, 0.15) is 5.76 Å². The summed E-state index contributed by atoms with van der Waals surface area (Å²) in [5.41, 5.74) is 2.13. The predicted molar refractivity (Wildman–Crippen MR) is 74.1 cm³/mol. The van der Waals surface area contributed by atoms with Gasteiger partial charge in [0.15, 0.2) is 0 Å². The Kier molecular flexibility index (Phi) is 4.52. The third kappa shape index (κ3) is 3.73. The van der Waals surface area contributed by atoms with Gasteiger partial charge in [0.2, 0.25) is 5.91 Å². The van der Waals surface area contributed by atoms with Crippen molar-refractivity contribution >= 4 is 17.7 Å². The molecule has 1 aliphatic heterocycles. The highest BCUT2D eigenvalue weighted by molar-refractivity contribution is 7.99. The fourth-order valence-corrected chi connectivity index (χ4v) is 2.88. The van der Waals surface area contributed by atoms with E-state index in [1.165, 1.54) is 0 Å². The van der Waals surface area contributed by atoms with Crippen molar-refractivity contribution in [2.75, 3.05) is 25.5 Å². The lowest BCUT2D eigenvalue weighted by Gasteiger charge is -2.38. The minimum Gasteiger partial charge on any atom is -0.380 e. The summed E-state index contributed by atoms with van der Waals surface area (Å²) in [6.45, 7) is 8.10. The van der Waals surface area contributed by atoms with E-state index >= 15 is 0 Å². The Balaban J connectivity index is 1.66. The van der Waals surface area contributed by atoms with E-state index in [1.807, 2.05) is 13.8 Å². The molecule has 19 heavy (non-hydrogen) atoms. The summed E-state index contributed by atoms with van der Waals surface area (Å²) in [5.74, 6) is 2.13. The first kappa shape index (κ1) is 14.4. The van der Waals surface area contributed by atoms with Crippen LogP contribution in [0, 0.1) is 19.3 Å². The van der Waals surface area contributed by atoms with Crippen molar-refractivity contribution in [1.29, 1.82) is 0 Å². The average molecular weight is 284 g/mol. The minimum atomic E-state index is 0.0740. The maximum atomic E-state index is 11.7. The molecule has 0 atom stereocenters. The Morgan fingerprint density at radius 3 is 2.74 bits per heavy atom. The van der Waals surface area contributed by atoms with Crippen LogP contribution in [-0.4, -0.2) is 36.6 Å². The number of amides is 1. The molecule has 5 nitrogen and oxygen atoms in total. The molecule has 0 radical (unpaired) electrons. The zero-order valence-corrected chi connectivity index (χ0v) is 12.4. The summed E-state index contributed by atoms with van der Waals surface area (Å²) in [7, 11) is 0. The van der Waals surface area contributed by atoms with Gasteiger partial charge in [0, 0.05) is 23.3 Å². The number of aromatic nitrogens is 1. The number of ether oxygens (including phenoxy) is 1. The third-order valence-corrected chi connectivity index (χ3v) is 4.23. The zero-order chi connectivity index (χ0) is 13.9. The van der Waals surface area contributed by atoms with Crippen molar-refractivity contribution in [1.82, 2.24) is 10.5 Å². The SMILES string of the molecule is Cc1noc(C)c1CSCC(=O)NCC1(C)COC1. The fourth-order valence-electron chi connectivity index (χ4n) is 1.87. The molecule has 2 heterocycles. The van der Waals surface area contributed by atoms with Crippen LogP contribution in [0.3, 0.4) is 0 Å². The van der Waals surface area contributed by atoms with Crippen LogP contribution >= 0.6 is 11.8 Å². The molecular formula is C13H20N2O3S. The molecule has 6 heteroatoms. The molecule has 0 bridgehead atoms. The molecule has 1 aromatic heterocycles. The van der Waals surface area contributed by atoms with Crippen molar-refractivity contribution in [3.63, 3.8) is 0 Å². The van der Waals surface area contributed by atoms with E-state index in [0.717, 1.165) is 36.0 Å². The number of rotatable bonds is 6. The molecule has 0 unspecified atom stereocenters. The second-order valence-electron chi connectivity index (χ2n) is 5.38. The molecule has 2 rings (SSSR count). The second kappa shape index (κ2) is 5.96. The lowest BCUT2D eigenvalue weighted by Crippen LogP contribution is -2.48. The molecule has 0 spiro atoms. The smallest absolute Gasteiger partial charge is 0.230 e. The first-order chi connectivity index (χ1) is 9.00. The van der Waals surface area contributed by atoms with Gasteiger partial charge in [-0.05, 0) is 13.8 Å². The molecule has 106 valence electrons. The maximum absolute atomic E-state index is 11.7. The molecule has 1 aliphatic rings. The van der Waals surface area contributed by atoms with Crippen molar-refractivity contribution in [2.24, 2.45) is 5.41 Å².